The number of pyridine rings is 1. The molecule has 26 heavy (non-hydrogen) atoms. The van der Waals surface area contributed by atoms with Gasteiger partial charge < -0.3 is 9.88 Å². The van der Waals surface area contributed by atoms with Crippen molar-refractivity contribution >= 4 is 27.5 Å². The first kappa shape index (κ1) is 15.4. The van der Waals surface area contributed by atoms with E-state index in [4.69, 9.17) is 4.98 Å². The summed E-state index contributed by atoms with van der Waals surface area (Å²) < 4.78 is 0. The zero-order valence-corrected chi connectivity index (χ0v) is 15.3. The lowest BCUT2D eigenvalue weighted by molar-refractivity contribution is 0.735. The molecule has 3 nitrogen and oxygen atoms in total. The monoisotopic (exact) mass is 341 g/mol. The van der Waals surface area contributed by atoms with E-state index in [1.807, 2.05) is 0 Å². The predicted octanol–water partition coefficient (Wildman–Crippen LogP) is 5.68. The molecule has 0 spiro atoms. The number of anilines is 1. The molecule has 0 amide bonds. The maximum Gasteiger partial charge on any atom is 0.0943 e. The fraction of sp³-hybridized carbons (Fsp3) is 0.261. The van der Waals surface area contributed by atoms with Crippen molar-refractivity contribution in [2.75, 3.05) is 11.4 Å². The molecule has 0 aliphatic carbocycles. The molecule has 1 N–H and O–H groups in total. The minimum Gasteiger partial charge on any atom is -0.367 e. The Kier molecular flexibility index (Phi) is 3.49. The minimum absolute atomic E-state index is 0.565. The highest BCUT2D eigenvalue weighted by Crippen LogP contribution is 2.37. The molecule has 1 fully saturated rings. The number of hydrogen-bond donors (Lipinski definition) is 1. The van der Waals surface area contributed by atoms with Crippen molar-refractivity contribution in [3.8, 4) is 11.3 Å². The average molecular weight is 341 g/mol. The molecule has 0 unspecified atom stereocenters. The molecule has 1 aliphatic heterocycles. The Labute approximate surface area is 153 Å². The third-order valence-corrected chi connectivity index (χ3v) is 5.60. The van der Waals surface area contributed by atoms with Gasteiger partial charge in [-0.1, -0.05) is 24.3 Å². The summed E-state index contributed by atoms with van der Waals surface area (Å²) in [4.78, 5) is 11.0. The third-order valence-electron chi connectivity index (χ3n) is 5.60. The van der Waals surface area contributed by atoms with Crippen LogP contribution in [0.15, 0.2) is 54.6 Å². The first-order valence-electron chi connectivity index (χ1n) is 9.45. The summed E-state index contributed by atoms with van der Waals surface area (Å²) in [5.41, 5.74) is 6.98. The fourth-order valence-electron chi connectivity index (χ4n) is 4.25. The SMILES string of the molecule is Cc1cc2cc(-c3nc4ccccc4cc3N3CCC[C@@H]3C)ccc2[nH]1. The van der Waals surface area contributed by atoms with Crippen LogP contribution in [0.25, 0.3) is 33.1 Å². The summed E-state index contributed by atoms with van der Waals surface area (Å²) in [6.07, 6.45) is 2.51. The number of para-hydroxylation sites is 1. The molecule has 0 bridgehead atoms. The van der Waals surface area contributed by atoms with Gasteiger partial charge in [0.15, 0.2) is 0 Å². The quantitative estimate of drug-likeness (QED) is 0.508. The Morgan fingerprint density at radius 2 is 1.92 bits per heavy atom. The molecule has 4 aromatic rings. The van der Waals surface area contributed by atoms with E-state index in [0.717, 1.165) is 17.8 Å². The van der Waals surface area contributed by atoms with Crippen LogP contribution in [0.4, 0.5) is 5.69 Å². The number of aryl methyl sites for hydroxylation is 1. The van der Waals surface area contributed by atoms with Gasteiger partial charge in [0, 0.05) is 40.1 Å². The molecule has 1 aliphatic rings. The van der Waals surface area contributed by atoms with Crippen LogP contribution in [0.2, 0.25) is 0 Å². The van der Waals surface area contributed by atoms with Gasteiger partial charge in [-0.15, -0.1) is 0 Å². The number of aromatic amines is 1. The van der Waals surface area contributed by atoms with E-state index in [0.29, 0.717) is 6.04 Å². The van der Waals surface area contributed by atoms with Crippen molar-refractivity contribution in [1.82, 2.24) is 9.97 Å². The molecular weight excluding hydrogens is 318 g/mol. The smallest absolute Gasteiger partial charge is 0.0943 e. The summed E-state index contributed by atoms with van der Waals surface area (Å²) in [6.45, 7) is 5.54. The number of rotatable bonds is 2. The Bertz CT molecular complexity index is 1110. The van der Waals surface area contributed by atoms with E-state index in [1.165, 1.54) is 46.1 Å². The van der Waals surface area contributed by atoms with E-state index in [-0.39, 0.29) is 0 Å². The molecule has 3 heteroatoms. The number of fused-ring (bicyclic) bond motifs is 2. The van der Waals surface area contributed by atoms with E-state index in [2.05, 4.69) is 78.3 Å². The third kappa shape index (κ3) is 2.47. The lowest BCUT2D eigenvalue weighted by Gasteiger charge is -2.26. The van der Waals surface area contributed by atoms with E-state index in [1.54, 1.807) is 0 Å². The zero-order valence-electron chi connectivity index (χ0n) is 15.3. The van der Waals surface area contributed by atoms with Crippen molar-refractivity contribution in [2.45, 2.75) is 32.7 Å². The van der Waals surface area contributed by atoms with Crippen LogP contribution in [0.5, 0.6) is 0 Å². The standard InChI is InChI=1S/C23H23N3/c1-15-12-19-13-18(9-10-21(19)24-15)23-22(26-11-5-6-16(26)2)14-17-7-3-4-8-20(17)25-23/h3-4,7-10,12-14,16,24H,5-6,11H2,1-2H3/t16-/m0/s1. The van der Waals surface area contributed by atoms with Gasteiger partial charge in [-0.3, -0.25) is 0 Å². The molecule has 2 aromatic heterocycles. The molecule has 0 saturated carbocycles. The van der Waals surface area contributed by atoms with Crippen LogP contribution in [0, 0.1) is 6.92 Å². The van der Waals surface area contributed by atoms with Gasteiger partial charge in [0.2, 0.25) is 0 Å². The van der Waals surface area contributed by atoms with Gasteiger partial charge in [-0.05, 0) is 57.0 Å². The largest absolute Gasteiger partial charge is 0.367 e. The van der Waals surface area contributed by atoms with Gasteiger partial charge in [0.25, 0.3) is 0 Å². The lowest BCUT2D eigenvalue weighted by Crippen LogP contribution is -2.27. The maximum absolute atomic E-state index is 5.09. The Morgan fingerprint density at radius 1 is 1.04 bits per heavy atom. The lowest BCUT2D eigenvalue weighted by atomic mass is 10.0. The second-order valence-corrected chi connectivity index (χ2v) is 7.49. The molecule has 1 saturated heterocycles. The van der Waals surface area contributed by atoms with Crippen molar-refractivity contribution < 1.29 is 0 Å². The van der Waals surface area contributed by atoms with Gasteiger partial charge in [0.05, 0.1) is 16.9 Å². The molecule has 3 heterocycles. The number of nitrogens with one attached hydrogen (secondary N) is 1. The van der Waals surface area contributed by atoms with E-state index in [9.17, 15) is 0 Å². The van der Waals surface area contributed by atoms with Crippen molar-refractivity contribution in [3.63, 3.8) is 0 Å². The molecule has 2 aromatic carbocycles. The highest BCUT2D eigenvalue weighted by molar-refractivity contribution is 5.92. The van der Waals surface area contributed by atoms with Crippen LogP contribution < -0.4 is 4.90 Å². The summed E-state index contributed by atoms with van der Waals surface area (Å²) in [6, 6.07) is 20.2. The first-order valence-corrected chi connectivity index (χ1v) is 9.45. The topological polar surface area (TPSA) is 31.9 Å². The Hall–Kier alpha value is -2.81. The molecule has 1 atom stereocenters. The summed E-state index contributed by atoms with van der Waals surface area (Å²) in [5, 5.41) is 2.46. The van der Waals surface area contributed by atoms with Crippen LogP contribution in [-0.2, 0) is 0 Å². The van der Waals surface area contributed by atoms with Gasteiger partial charge in [-0.2, -0.15) is 0 Å². The Morgan fingerprint density at radius 3 is 2.77 bits per heavy atom. The van der Waals surface area contributed by atoms with Crippen molar-refractivity contribution in [2.24, 2.45) is 0 Å². The Balaban J connectivity index is 1.75. The van der Waals surface area contributed by atoms with Crippen LogP contribution in [0.1, 0.15) is 25.5 Å². The second-order valence-electron chi connectivity index (χ2n) is 7.49. The maximum atomic E-state index is 5.09. The zero-order chi connectivity index (χ0) is 17.7. The van der Waals surface area contributed by atoms with E-state index < -0.39 is 0 Å². The molecule has 130 valence electrons. The highest BCUT2D eigenvalue weighted by Gasteiger charge is 2.24. The predicted molar refractivity (Wildman–Crippen MR) is 110 cm³/mol. The van der Waals surface area contributed by atoms with Crippen LogP contribution in [-0.4, -0.2) is 22.6 Å². The number of benzene rings is 2. The van der Waals surface area contributed by atoms with Gasteiger partial charge >= 0.3 is 0 Å². The normalized spacial score (nSPS) is 17.5. The number of H-pyrrole nitrogens is 1. The molecule has 0 radical (unpaired) electrons. The fourth-order valence-corrected chi connectivity index (χ4v) is 4.25. The molecular formula is C23H23N3. The summed E-state index contributed by atoms with van der Waals surface area (Å²) in [5.74, 6) is 0. The van der Waals surface area contributed by atoms with Crippen LogP contribution >= 0.6 is 0 Å². The average Bonchev–Trinajstić information content (AvgIpc) is 3.24. The van der Waals surface area contributed by atoms with Crippen LogP contribution in [0.3, 0.4) is 0 Å². The van der Waals surface area contributed by atoms with Crippen molar-refractivity contribution in [1.29, 1.82) is 0 Å². The number of nitrogens with zero attached hydrogens (tertiary/aromatic N) is 2. The second kappa shape index (κ2) is 5.87. The number of aromatic nitrogens is 2. The minimum atomic E-state index is 0.565. The summed E-state index contributed by atoms with van der Waals surface area (Å²) in [7, 11) is 0. The first-order chi connectivity index (χ1) is 12.7. The van der Waals surface area contributed by atoms with Crippen molar-refractivity contribution in [3.05, 3.63) is 60.3 Å². The van der Waals surface area contributed by atoms with E-state index >= 15 is 0 Å². The summed E-state index contributed by atoms with van der Waals surface area (Å²) >= 11 is 0. The van der Waals surface area contributed by atoms with Gasteiger partial charge in [-0.25, -0.2) is 4.98 Å². The van der Waals surface area contributed by atoms with Gasteiger partial charge in [0.1, 0.15) is 0 Å². The molecule has 5 rings (SSSR count). The number of hydrogen-bond acceptors (Lipinski definition) is 2. The highest BCUT2D eigenvalue weighted by atomic mass is 15.2.